The average Bonchev–Trinajstić information content (AvgIpc) is 2.87. The molecule has 0 aliphatic rings. The van der Waals surface area contributed by atoms with E-state index in [1.807, 2.05) is 30.3 Å². The minimum atomic E-state index is -1.17. The van der Waals surface area contributed by atoms with Crippen LogP contribution in [0.25, 0.3) is 17.1 Å². The van der Waals surface area contributed by atoms with Crippen molar-refractivity contribution in [1.29, 1.82) is 0 Å². The van der Waals surface area contributed by atoms with E-state index in [2.05, 4.69) is 10.1 Å². The molecule has 0 aliphatic heterocycles. The number of carboxylic acids is 1. The summed E-state index contributed by atoms with van der Waals surface area (Å²) in [4.78, 5) is 15.5. The van der Waals surface area contributed by atoms with Gasteiger partial charge in [0.1, 0.15) is 5.02 Å². The van der Waals surface area contributed by atoms with Crippen LogP contribution in [0, 0.1) is 0 Å². The molecule has 0 atom stereocenters. The van der Waals surface area contributed by atoms with Crippen LogP contribution in [0.4, 0.5) is 0 Å². The van der Waals surface area contributed by atoms with Gasteiger partial charge < -0.3 is 5.11 Å². The molecule has 5 nitrogen and oxygen atoms in total. The fraction of sp³-hybridized carbons (Fsp3) is 0. The number of hydrogen-bond acceptors (Lipinski definition) is 3. The van der Waals surface area contributed by atoms with Gasteiger partial charge in [-0.2, -0.15) is 5.10 Å². The monoisotopic (exact) mass is 299 g/mol. The largest absolute Gasteiger partial charge is 0.476 e. The number of pyridine rings is 1. The zero-order valence-electron chi connectivity index (χ0n) is 10.8. The first-order chi connectivity index (χ1) is 10.2. The lowest BCUT2D eigenvalue weighted by atomic mass is 10.1. The van der Waals surface area contributed by atoms with E-state index in [4.69, 9.17) is 11.6 Å². The highest BCUT2D eigenvalue weighted by Crippen LogP contribution is 2.32. The molecule has 6 heteroatoms. The van der Waals surface area contributed by atoms with E-state index in [-0.39, 0.29) is 10.7 Å². The van der Waals surface area contributed by atoms with E-state index in [0.29, 0.717) is 11.5 Å². The van der Waals surface area contributed by atoms with E-state index in [1.54, 1.807) is 24.4 Å². The van der Waals surface area contributed by atoms with Gasteiger partial charge in [-0.1, -0.05) is 48.0 Å². The molecule has 0 saturated carbocycles. The van der Waals surface area contributed by atoms with Gasteiger partial charge in [-0.05, 0) is 12.1 Å². The summed E-state index contributed by atoms with van der Waals surface area (Å²) in [6.45, 7) is 0. The summed E-state index contributed by atoms with van der Waals surface area (Å²) in [6.07, 6.45) is 1.61. The Kier molecular flexibility index (Phi) is 3.41. The van der Waals surface area contributed by atoms with Crippen LogP contribution in [0.15, 0.2) is 54.7 Å². The van der Waals surface area contributed by atoms with Crippen molar-refractivity contribution >= 4 is 17.6 Å². The number of nitrogens with zero attached hydrogens (tertiary/aromatic N) is 3. The second-order valence-corrected chi connectivity index (χ2v) is 4.66. The number of benzene rings is 1. The summed E-state index contributed by atoms with van der Waals surface area (Å²) in [7, 11) is 0. The molecule has 1 N–H and O–H groups in total. The van der Waals surface area contributed by atoms with E-state index >= 15 is 0 Å². The van der Waals surface area contributed by atoms with Crippen molar-refractivity contribution in [3.8, 4) is 17.1 Å². The second kappa shape index (κ2) is 5.38. The molecule has 0 aliphatic carbocycles. The minimum absolute atomic E-state index is 0.0966. The third-order valence-electron chi connectivity index (χ3n) is 2.94. The molecule has 3 aromatic rings. The Morgan fingerprint density at radius 3 is 2.43 bits per heavy atom. The van der Waals surface area contributed by atoms with Gasteiger partial charge in [0.15, 0.2) is 11.5 Å². The summed E-state index contributed by atoms with van der Waals surface area (Å²) in [6, 6.07) is 14.6. The zero-order chi connectivity index (χ0) is 14.8. The van der Waals surface area contributed by atoms with Crippen LogP contribution >= 0.6 is 11.6 Å². The van der Waals surface area contributed by atoms with E-state index in [0.717, 1.165) is 5.56 Å². The molecule has 0 unspecified atom stereocenters. The van der Waals surface area contributed by atoms with Crippen LogP contribution in [-0.2, 0) is 0 Å². The molecule has 3 rings (SSSR count). The highest BCUT2D eigenvalue weighted by Gasteiger charge is 2.23. The first-order valence-corrected chi connectivity index (χ1v) is 6.55. The molecular weight excluding hydrogens is 290 g/mol. The standard InChI is InChI=1S/C15H10ClN3O2/c16-12-13(15(20)21)18-19(11-8-4-5-9-17-11)14(12)10-6-2-1-3-7-10/h1-9H,(H,20,21). The van der Waals surface area contributed by atoms with Crippen LogP contribution in [-0.4, -0.2) is 25.8 Å². The zero-order valence-corrected chi connectivity index (χ0v) is 11.5. The van der Waals surface area contributed by atoms with Crippen molar-refractivity contribution in [2.75, 3.05) is 0 Å². The van der Waals surface area contributed by atoms with Crippen LogP contribution in [0.2, 0.25) is 5.02 Å². The predicted molar refractivity (Wildman–Crippen MR) is 78.8 cm³/mol. The molecule has 0 saturated heterocycles. The maximum absolute atomic E-state index is 11.3. The second-order valence-electron chi connectivity index (χ2n) is 4.28. The van der Waals surface area contributed by atoms with Crippen molar-refractivity contribution in [2.45, 2.75) is 0 Å². The lowest BCUT2D eigenvalue weighted by Crippen LogP contribution is -2.03. The molecule has 2 heterocycles. The summed E-state index contributed by atoms with van der Waals surface area (Å²) in [5, 5.41) is 13.4. The maximum atomic E-state index is 11.3. The fourth-order valence-corrected chi connectivity index (χ4v) is 2.33. The Hall–Kier alpha value is -2.66. The van der Waals surface area contributed by atoms with Crippen molar-refractivity contribution < 1.29 is 9.90 Å². The van der Waals surface area contributed by atoms with Gasteiger partial charge in [-0.3, -0.25) is 0 Å². The van der Waals surface area contributed by atoms with Crippen LogP contribution in [0.1, 0.15) is 10.5 Å². The summed E-state index contributed by atoms with van der Waals surface area (Å²) in [5.74, 6) is -0.669. The SMILES string of the molecule is O=C(O)c1nn(-c2ccccn2)c(-c2ccccc2)c1Cl. The molecule has 0 bridgehead atoms. The Labute approximate surface area is 125 Å². The summed E-state index contributed by atoms with van der Waals surface area (Å²) < 4.78 is 1.45. The van der Waals surface area contributed by atoms with Crippen molar-refractivity contribution in [3.05, 3.63) is 65.4 Å². The lowest BCUT2D eigenvalue weighted by molar-refractivity contribution is 0.0690. The minimum Gasteiger partial charge on any atom is -0.476 e. The summed E-state index contributed by atoms with van der Waals surface area (Å²) in [5.41, 5.74) is 1.09. The molecule has 104 valence electrons. The molecular formula is C15H10ClN3O2. The first kappa shape index (κ1) is 13.3. The van der Waals surface area contributed by atoms with Gasteiger partial charge in [0, 0.05) is 11.8 Å². The van der Waals surface area contributed by atoms with Crippen molar-refractivity contribution in [2.24, 2.45) is 0 Å². The number of halogens is 1. The molecule has 0 amide bonds. The maximum Gasteiger partial charge on any atom is 0.358 e. The topological polar surface area (TPSA) is 68.0 Å². The van der Waals surface area contributed by atoms with Gasteiger partial charge >= 0.3 is 5.97 Å². The van der Waals surface area contributed by atoms with Gasteiger partial charge in [0.05, 0.1) is 5.69 Å². The number of carbonyl (C=O) groups is 1. The van der Waals surface area contributed by atoms with Crippen LogP contribution in [0.5, 0.6) is 0 Å². The quantitative estimate of drug-likeness (QED) is 0.806. The lowest BCUT2D eigenvalue weighted by Gasteiger charge is -2.06. The fourth-order valence-electron chi connectivity index (χ4n) is 2.03. The highest BCUT2D eigenvalue weighted by molar-refractivity contribution is 6.35. The predicted octanol–water partition coefficient (Wildman–Crippen LogP) is 3.29. The van der Waals surface area contributed by atoms with E-state index in [9.17, 15) is 9.90 Å². The van der Waals surface area contributed by atoms with Crippen molar-refractivity contribution in [3.63, 3.8) is 0 Å². The number of rotatable bonds is 3. The molecule has 1 aromatic carbocycles. The van der Waals surface area contributed by atoms with Gasteiger partial charge in [-0.15, -0.1) is 0 Å². The number of aromatic nitrogens is 3. The van der Waals surface area contributed by atoms with Crippen LogP contribution < -0.4 is 0 Å². The summed E-state index contributed by atoms with van der Waals surface area (Å²) >= 11 is 6.22. The van der Waals surface area contributed by atoms with Gasteiger partial charge in [0.2, 0.25) is 0 Å². The smallest absolute Gasteiger partial charge is 0.358 e. The number of carboxylic acid groups (broad SMARTS) is 1. The Balaban J connectivity index is 2.29. The molecule has 21 heavy (non-hydrogen) atoms. The Morgan fingerprint density at radius 1 is 1.10 bits per heavy atom. The van der Waals surface area contributed by atoms with E-state index < -0.39 is 5.97 Å². The molecule has 0 radical (unpaired) electrons. The Morgan fingerprint density at radius 2 is 1.81 bits per heavy atom. The molecule has 2 aromatic heterocycles. The normalized spacial score (nSPS) is 10.5. The Bertz CT molecular complexity index is 785. The number of hydrogen-bond donors (Lipinski definition) is 1. The third kappa shape index (κ3) is 2.39. The molecule has 0 spiro atoms. The van der Waals surface area contributed by atoms with Crippen LogP contribution in [0.3, 0.4) is 0 Å². The highest BCUT2D eigenvalue weighted by atomic mass is 35.5. The van der Waals surface area contributed by atoms with E-state index in [1.165, 1.54) is 4.68 Å². The number of aromatic carboxylic acids is 1. The van der Waals surface area contributed by atoms with Gasteiger partial charge in [-0.25, -0.2) is 14.5 Å². The molecule has 0 fully saturated rings. The first-order valence-electron chi connectivity index (χ1n) is 6.17. The third-order valence-corrected chi connectivity index (χ3v) is 3.30. The van der Waals surface area contributed by atoms with Gasteiger partial charge in [0.25, 0.3) is 0 Å². The van der Waals surface area contributed by atoms with Crippen molar-refractivity contribution in [1.82, 2.24) is 14.8 Å². The average molecular weight is 300 g/mol.